The number of amides is 1. The van der Waals surface area contributed by atoms with Crippen molar-refractivity contribution in [1.82, 2.24) is 14.4 Å². The number of hydrogen-bond acceptors (Lipinski definition) is 3. The van der Waals surface area contributed by atoms with Gasteiger partial charge in [-0.25, -0.2) is 4.39 Å². The Morgan fingerprint density at radius 2 is 1.94 bits per heavy atom. The summed E-state index contributed by atoms with van der Waals surface area (Å²) in [6, 6.07) is 6.31. The molecule has 168 valence electrons. The lowest BCUT2D eigenvalue weighted by atomic mass is 9.89. The molecule has 0 radical (unpaired) electrons. The number of aromatic nitrogens is 1. The van der Waals surface area contributed by atoms with Gasteiger partial charge in [0.25, 0.3) is 5.91 Å². The summed E-state index contributed by atoms with van der Waals surface area (Å²) in [7, 11) is 1.69. The number of rotatable bonds is 6. The molecular formula is C25H34FN3O2. The summed E-state index contributed by atoms with van der Waals surface area (Å²) in [6.45, 7) is 2.45. The predicted molar refractivity (Wildman–Crippen MR) is 120 cm³/mol. The Kier molecular flexibility index (Phi) is 5.91. The van der Waals surface area contributed by atoms with Gasteiger partial charge in [0.2, 0.25) is 0 Å². The molecule has 2 heterocycles. The highest BCUT2D eigenvalue weighted by Gasteiger charge is 2.39. The zero-order valence-corrected chi connectivity index (χ0v) is 18.6. The Morgan fingerprint density at radius 1 is 1.13 bits per heavy atom. The SMILES string of the molecule is COc1cccc2c(C(=O)N3CCN(C4CC4)C(CF)C3)cn(CC3CCCCC3)c12. The summed E-state index contributed by atoms with van der Waals surface area (Å²) in [5, 5.41) is 0.946. The molecule has 1 amide bonds. The summed E-state index contributed by atoms with van der Waals surface area (Å²) in [5.41, 5.74) is 1.74. The first-order valence-corrected chi connectivity index (χ1v) is 12.0. The molecule has 0 spiro atoms. The standard InChI is InChI=1S/C25H34FN3O2/c1-31-23-9-5-8-21-22(17-28(24(21)23)15-18-6-3-2-4-7-18)25(30)27-12-13-29(19-10-11-19)20(14-26)16-27/h5,8-9,17-20H,2-4,6-7,10-16H2,1H3. The molecule has 5 rings (SSSR count). The Morgan fingerprint density at radius 3 is 2.65 bits per heavy atom. The maximum Gasteiger partial charge on any atom is 0.256 e. The van der Waals surface area contributed by atoms with Crippen LogP contribution >= 0.6 is 0 Å². The van der Waals surface area contributed by atoms with E-state index in [1.165, 1.54) is 44.9 Å². The molecule has 3 aliphatic rings. The second-order valence-electron chi connectivity index (χ2n) is 9.58. The number of nitrogens with zero attached hydrogens (tertiary/aromatic N) is 3. The van der Waals surface area contributed by atoms with E-state index >= 15 is 0 Å². The zero-order valence-electron chi connectivity index (χ0n) is 18.6. The molecule has 1 aromatic carbocycles. The third kappa shape index (κ3) is 4.07. The van der Waals surface area contributed by atoms with E-state index < -0.39 is 6.67 Å². The van der Waals surface area contributed by atoms with Gasteiger partial charge < -0.3 is 14.2 Å². The number of ether oxygens (including phenoxy) is 1. The van der Waals surface area contributed by atoms with Crippen LogP contribution < -0.4 is 4.74 Å². The van der Waals surface area contributed by atoms with Crippen molar-refractivity contribution >= 4 is 16.8 Å². The van der Waals surface area contributed by atoms with Crippen LogP contribution in [-0.4, -0.2) is 65.8 Å². The van der Waals surface area contributed by atoms with Gasteiger partial charge in [0.05, 0.1) is 24.2 Å². The second kappa shape index (κ2) is 8.81. The van der Waals surface area contributed by atoms with Gasteiger partial charge in [0, 0.05) is 43.8 Å². The summed E-state index contributed by atoms with van der Waals surface area (Å²) < 4.78 is 21.7. The highest BCUT2D eigenvalue weighted by atomic mass is 19.1. The van der Waals surface area contributed by atoms with Crippen molar-refractivity contribution in [2.75, 3.05) is 33.4 Å². The lowest BCUT2D eigenvalue weighted by Crippen LogP contribution is -2.56. The van der Waals surface area contributed by atoms with Gasteiger partial charge in [-0.15, -0.1) is 0 Å². The molecular weight excluding hydrogens is 393 g/mol. The molecule has 1 atom stereocenters. The van der Waals surface area contributed by atoms with E-state index in [0.29, 0.717) is 25.0 Å². The van der Waals surface area contributed by atoms with Crippen molar-refractivity contribution in [1.29, 1.82) is 0 Å². The fourth-order valence-electron chi connectivity index (χ4n) is 5.70. The number of carbonyl (C=O) groups excluding carboxylic acids is 1. The molecule has 0 N–H and O–H groups in total. The lowest BCUT2D eigenvalue weighted by molar-refractivity contribution is 0.0398. The van der Waals surface area contributed by atoms with Crippen LogP contribution in [0.1, 0.15) is 55.3 Å². The number of piperazine rings is 1. The fourth-order valence-corrected chi connectivity index (χ4v) is 5.70. The van der Waals surface area contributed by atoms with Gasteiger partial charge in [0.1, 0.15) is 12.4 Å². The van der Waals surface area contributed by atoms with Gasteiger partial charge >= 0.3 is 0 Å². The van der Waals surface area contributed by atoms with E-state index in [0.717, 1.165) is 35.3 Å². The molecule has 2 aliphatic carbocycles. The normalized spacial score (nSPS) is 23.4. The molecule has 2 aromatic rings. The van der Waals surface area contributed by atoms with Crippen molar-refractivity contribution in [3.05, 3.63) is 30.0 Å². The molecule has 5 nitrogen and oxygen atoms in total. The molecule has 31 heavy (non-hydrogen) atoms. The van der Waals surface area contributed by atoms with Gasteiger partial charge in [-0.3, -0.25) is 9.69 Å². The summed E-state index contributed by atoms with van der Waals surface area (Å²) in [5.74, 6) is 1.48. The highest BCUT2D eigenvalue weighted by molar-refractivity contribution is 6.08. The van der Waals surface area contributed by atoms with E-state index in [9.17, 15) is 9.18 Å². The summed E-state index contributed by atoms with van der Waals surface area (Å²) in [6.07, 6.45) is 10.8. The quantitative estimate of drug-likeness (QED) is 0.682. The first-order chi connectivity index (χ1) is 15.2. The predicted octanol–water partition coefficient (Wildman–Crippen LogP) is 4.49. The molecule has 1 aromatic heterocycles. The number of halogens is 1. The van der Waals surface area contributed by atoms with E-state index in [4.69, 9.17) is 4.74 Å². The third-order valence-electron chi connectivity index (χ3n) is 7.50. The van der Waals surface area contributed by atoms with E-state index in [-0.39, 0.29) is 11.9 Å². The number of benzene rings is 1. The highest BCUT2D eigenvalue weighted by Crippen LogP contribution is 2.35. The minimum absolute atomic E-state index is 0.0227. The molecule has 1 aliphatic heterocycles. The van der Waals surface area contributed by atoms with Gasteiger partial charge in [-0.05, 0) is 37.7 Å². The minimum atomic E-state index is -0.391. The van der Waals surface area contributed by atoms with Crippen LogP contribution in [0.25, 0.3) is 10.9 Å². The van der Waals surface area contributed by atoms with E-state index in [2.05, 4.69) is 9.47 Å². The molecule has 0 bridgehead atoms. The Hall–Kier alpha value is -2.08. The molecule has 1 unspecified atom stereocenters. The maximum absolute atomic E-state index is 13.8. The van der Waals surface area contributed by atoms with Crippen LogP contribution in [0.5, 0.6) is 5.75 Å². The van der Waals surface area contributed by atoms with Crippen molar-refractivity contribution in [3.63, 3.8) is 0 Å². The lowest BCUT2D eigenvalue weighted by Gasteiger charge is -2.40. The number of para-hydroxylation sites is 1. The number of carbonyl (C=O) groups is 1. The number of alkyl halides is 1. The van der Waals surface area contributed by atoms with Crippen LogP contribution in [0, 0.1) is 5.92 Å². The molecule has 3 fully saturated rings. The smallest absolute Gasteiger partial charge is 0.256 e. The van der Waals surface area contributed by atoms with Crippen LogP contribution in [0.15, 0.2) is 24.4 Å². The first-order valence-electron chi connectivity index (χ1n) is 12.0. The monoisotopic (exact) mass is 427 g/mol. The van der Waals surface area contributed by atoms with Crippen LogP contribution in [-0.2, 0) is 6.54 Å². The zero-order chi connectivity index (χ0) is 21.4. The van der Waals surface area contributed by atoms with Gasteiger partial charge in [0.15, 0.2) is 0 Å². The minimum Gasteiger partial charge on any atom is -0.495 e. The van der Waals surface area contributed by atoms with Crippen molar-refractivity contribution < 1.29 is 13.9 Å². The number of fused-ring (bicyclic) bond motifs is 1. The number of methoxy groups -OCH3 is 1. The Bertz CT molecular complexity index is 932. The fraction of sp³-hybridized carbons (Fsp3) is 0.640. The van der Waals surface area contributed by atoms with Crippen LogP contribution in [0.4, 0.5) is 4.39 Å². The van der Waals surface area contributed by atoms with E-state index in [1.807, 2.05) is 29.3 Å². The summed E-state index contributed by atoms with van der Waals surface area (Å²) in [4.78, 5) is 17.7. The van der Waals surface area contributed by atoms with Crippen molar-refractivity contribution in [2.45, 2.75) is 63.6 Å². The topological polar surface area (TPSA) is 37.7 Å². The average Bonchev–Trinajstić information content (AvgIpc) is 3.60. The Balaban J connectivity index is 1.44. The third-order valence-corrected chi connectivity index (χ3v) is 7.50. The average molecular weight is 428 g/mol. The maximum atomic E-state index is 13.8. The summed E-state index contributed by atoms with van der Waals surface area (Å²) >= 11 is 0. The van der Waals surface area contributed by atoms with Gasteiger partial charge in [-0.2, -0.15) is 0 Å². The van der Waals surface area contributed by atoms with E-state index in [1.54, 1.807) is 7.11 Å². The van der Waals surface area contributed by atoms with Crippen LogP contribution in [0.3, 0.4) is 0 Å². The second-order valence-corrected chi connectivity index (χ2v) is 9.58. The molecule has 1 saturated heterocycles. The molecule has 2 saturated carbocycles. The number of hydrogen-bond donors (Lipinski definition) is 0. The first kappa shape index (κ1) is 20.8. The van der Waals surface area contributed by atoms with Crippen molar-refractivity contribution in [2.24, 2.45) is 5.92 Å². The van der Waals surface area contributed by atoms with Crippen molar-refractivity contribution in [3.8, 4) is 5.75 Å². The largest absolute Gasteiger partial charge is 0.495 e. The van der Waals surface area contributed by atoms with Gasteiger partial charge in [-0.1, -0.05) is 31.4 Å². The van der Waals surface area contributed by atoms with Crippen LogP contribution in [0.2, 0.25) is 0 Å². The Labute approximate surface area is 184 Å². The molecule has 6 heteroatoms.